The molecule has 2 heterocycles. The average Bonchev–Trinajstić information content (AvgIpc) is 3.43. The van der Waals surface area contributed by atoms with Gasteiger partial charge in [-0.2, -0.15) is 0 Å². The Labute approximate surface area is 206 Å². The van der Waals surface area contributed by atoms with Gasteiger partial charge in [0.15, 0.2) is 11.8 Å². The van der Waals surface area contributed by atoms with Crippen LogP contribution in [-0.4, -0.2) is 45.8 Å². The van der Waals surface area contributed by atoms with Gasteiger partial charge in [0.05, 0.1) is 20.2 Å². The summed E-state index contributed by atoms with van der Waals surface area (Å²) in [5.41, 5.74) is 2.54. The molecule has 1 aromatic heterocycles. The third-order valence-corrected chi connectivity index (χ3v) is 5.92. The van der Waals surface area contributed by atoms with Crippen LogP contribution >= 0.6 is 24.0 Å². The maximum absolute atomic E-state index is 5.26. The maximum Gasteiger partial charge on any atom is 0.194 e. The summed E-state index contributed by atoms with van der Waals surface area (Å²) in [7, 11) is 3.67. The van der Waals surface area contributed by atoms with Gasteiger partial charge in [0, 0.05) is 26.1 Å². The summed E-state index contributed by atoms with van der Waals surface area (Å²) in [6.07, 6.45) is 1.12. The molecule has 3 aromatic rings. The molecule has 1 atom stereocenters. The highest BCUT2D eigenvalue weighted by Gasteiger charge is 2.26. The molecule has 170 valence electrons. The van der Waals surface area contributed by atoms with Gasteiger partial charge in [0.2, 0.25) is 0 Å². The van der Waals surface area contributed by atoms with E-state index in [-0.39, 0.29) is 24.0 Å². The molecule has 1 aliphatic heterocycles. The zero-order valence-corrected chi connectivity index (χ0v) is 21.2. The van der Waals surface area contributed by atoms with Crippen LogP contribution in [0.4, 0.5) is 0 Å². The summed E-state index contributed by atoms with van der Waals surface area (Å²) in [6, 6.07) is 18.8. The summed E-state index contributed by atoms with van der Waals surface area (Å²) in [6.45, 7) is 5.09. The van der Waals surface area contributed by atoms with E-state index < -0.39 is 0 Å². The third-order valence-electron chi connectivity index (χ3n) is 5.92. The SMILES string of the molecule is COc1ccc(CN=C(NCc2nnc(C)n2C)N2CCC(c3ccccc3)C2)cc1.I. The standard InChI is InChI=1S/C24H30N6O.HI/c1-18-27-28-23(29(18)2)16-26-24(25-15-19-9-11-22(31-3)12-10-19)30-14-13-21(17-30)20-7-5-4-6-8-20;/h4-12,21H,13-17H2,1-3H3,(H,25,26);1H. The van der Waals surface area contributed by atoms with E-state index in [0.717, 1.165) is 48.4 Å². The Hall–Kier alpha value is -2.62. The fraction of sp³-hybridized carbons (Fsp3) is 0.375. The predicted molar refractivity (Wildman–Crippen MR) is 138 cm³/mol. The van der Waals surface area contributed by atoms with Crippen molar-refractivity contribution < 1.29 is 4.74 Å². The van der Waals surface area contributed by atoms with Gasteiger partial charge >= 0.3 is 0 Å². The predicted octanol–water partition coefficient (Wildman–Crippen LogP) is 3.89. The molecule has 0 amide bonds. The van der Waals surface area contributed by atoms with Crippen LogP contribution in [0.25, 0.3) is 0 Å². The number of hydrogen-bond acceptors (Lipinski definition) is 4. The zero-order chi connectivity index (χ0) is 21.6. The summed E-state index contributed by atoms with van der Waals surface area (Å²) >= 11 is 0. The lowest BCUT2D eigenvalue weighted by molar-refractivity contribution is 0.414. The Morgan fingerprint density at radius 3 is 2.53 bits per heavy atom. The van der Waals surface area contributed by atoms with Crippen LogP contribution in [0, 0.1) is 6.92 Å². The number of nitrogens with zero attached hydrogens (tertiary/aromatic N) is 5. The van der Waals surface area contributed by atoms with Gasteiger partial charge in [-0.1, -0.05) is 42.5 Å². The lowest BCUT2D eigenvalue weighted by Gasteiger charge is -2.22. The van der Waals surface area contributed by atoms with Gasteiger partial charge in [-0.15, -0.1) is 34.2 Å². The van der Waals surface area contributed by atoms with Gasteiger partial charge in [0.1, 0.15) is 11.6 Å². The molecule has 2 aromatic carbocycles. The Morgan fingerprint density at radius 1 is 1.12 bits per heavy atom. The first kappa shape index (κ1) is 24.0. The monoisotopic (exact) mass is 546 g/mol. The van der Waals surface area contributed by atoms with Crippen molar-refractivity contribution in [1.82, 2.24) is 25.0 Å². The largest absolute Gasteiger partial charge is 0.497 e. The minimum Gasteiger partial charge on any atom is -0.497 e. The average molecular weight is 546 g/mol. The fourth-order valence-electron chi connectivity index (χ4n) is 3.88. The number of methoxy groups -OCH3 is 1. The molecule has 0 radical (unpaired) electrons. The van der Waals surface area contributed by atoms with E-state index in [1.54, 1.807) is 7.11 Å². The highest BCUT2D eigenvalue weighted by Crippen LogP contribution is 2.27. The van der Waals surface area contributed by atoms with Crippen LogP contribution in [0.5, 0.6) is 5.75 Å². The molecule has 0 aliphatic carbocycles. The summed E-state index contributed by atoms with van der Waals surface area (Å²) in [5.74, 6) is 4.09. The number of hydrogen-bond donors (Lipinski definition) is 1. The smallest absolute Gasteiger partial charge is 0.194 e. The fourth-order valence-corrected chi connectivity index (χ4v) is 3.88. The number of aryl methyl sites for hydroxylation is 1. The van der Waals surface area contributed by atoms with Gasteiger partial charge in [-0.05, 0) is 36.6 Å². The molecule has 1 saturated heterocycles. The molecule has 1 fully saturated rings. The highest BCUT2D eigenvalue weighted by molar-refractivity contribution is 14.0. The second-order valence-corrected chi connectivity index (χ2v) is 7.91. The number of halogens is 1. The Morgan fingerprint density at radius 2 is 1.88 bits per heavy atom. The van der Waals surface area contributed by atoms with Gasteiger partial charge in [0.25, 0.3) is 0 Å². The van der Waals surface area contributed by atoms with Crippen molar-refractivity contribution in [2.45, 2.75) is 32.4 Å². The number of aliphatic imine (C=N–C) groups is 1. The second-order valence-electron chi connectivity index (χ2n) is 7.91. The van der Waals surface area contributed by atoms with E-state index >= 15 is 0 Å². The van der Waals surface area contributed by atoms with Crippen LogP contribution in [-0.2, 0) is 20.1 Å². The topological polar surface area (TPSA) is 67.6 Å². The molecule has 1 aliphatic rings. The first-order valence-electron chi connectivity index (χ1n) is 10.7. The normalized spacial score (nSPS) is 16.0. The highest BCUT2D eigenvalue weighted by atomic mass is 127. The number of guanidine groups is 1. The van der Waals surface area contributed by atoms with Gasteiger partial charge in [-0.3, -0.25) is 0 Å². The van der Waals surface area contributed by atoms with Crippen molar-refractivity contribution in [3.63, 3.8) is 0 Å². The molecule has 1 unspecified atom stereocenters. The van der Waals surface area contributed by atoms with E-state index in [9.17, 15) is 0 Å². The minimum atomic E-state index is 0. The van der Waals surface area contributed by atoms with Crippen LogP contribution in [0.2, 0.25) is 0 Å². The number of ether oxygens (including phenoxy) is 1. The van der Waals surface area contributed by atoms with Crippen molar-refractivity contribution in [3.8, 4) is 5.75 Å². The van der Waals surface area contributed by atoms with Crippen molar-refractivity contribution >= 4 is 29.9 Å². The number of benzene rings is 2. The van der Waals surface area contributed by atoms with E-state index in [0.29, 0.717) is 19.0 Å². The second kappa shape index (κ2) is 11.3. The van der Waals surface area contributed by atoms with Crippen molar-refractivity contribution in [2.75, 3.05) is 20.2 Å². The molecular weight excluding hydrogens is 515 g/mol. The zero-order valence-electron chi connectivity index (χ0n) is 18.9. The molecule has 0 spiro atoms. The van der Waals surface area contributed by atoms with Gasteiger partial charge < -0.3 is 19.5 Å². The third kappa shape index (κ3) is 5.79. The van der Waals surface area contributed by atoms with Crippen LogP contribution < -0.4 is 10.1 Å². The van der Waals surface area contributed by atoms with Crippen LogP contribution in [0.15, 0.2) is 59.6 Å². The first-order valence-corrected chi connectivity index (χ1v) is 10.7. The molecule has 1 N–H and O–H groups in total. The summed E-state index contributed by atoms with van der Waals surface area (Å²) in [4.78, 5) is 7.30. The number of likely N-dealkylation sites (tertiary alicyclic amines) is 1. The quantitative estimate of drug-likeness (QED) is 0.289. The number of rotatable bonds is 6. The van der Waals surface area contributed by atoms with Crippen molar-refractivity contribution in [1.29, 1.82) is 0 Å². The Bertz CT molecular complexity index is 1020. The first-order chi connectivity index (χ1) is 15.1. The molecule has 7 nitrogen and oxygen atoms in total. The minimum absolute atomic E-state index is 0. The molecule has 8 heteroatoms. The van der Waals surface area contributed by atoms with E-state index in [2.05, 4.69) is 62.9 Å². The van der Waals surface area contributed by atoms with E-state index in [4.69, 9.17) is 9.73 Å². The van der Waals surface area contributed by atoms with Crippen LogP contribution in [0.3, 0.4) is 0 Å². The number of aromatic nitrogens is 3. The molecular formula is C24H31IN6O. The molecule has 4 rings (SSSR count). The maximum atomic E-state index is 5.26. The number of nitrogens with one attached hydrogen (secondary N) is 1. The summed E-state index contributed by atoms with van der Waals surface area (Å²) in [5, 5.41) is 12.0. The summed E-state index contributed by atoms with van der Waals surface area (Å²) < 4.78 is 7.26. The Kier molecular flexibility index (Phi) is 8.49. The Balaban J connectivity index is 0.00000289. The van der Waals surface area contributed by atoms with E-state index in [1.807, 2.05) is 30.7 Å². The van der Waals surface area contributed by atoms with Gasteiger partial charge in [-0.25, -0.2) is 4.99 Å². The van der Waals surface area contributed by atoms with E-state index in [1.165, 1.54) is 5.56 Å². The molecule has 0 bridgehead atoms. The van der Waals surface area contributed by atoms with Crippen molar-refractivity contribution in [2.24, 2.45) is 12.0 Å². The molecule has 0 saturated carbocycles. The van der Waals surface area contributed by atoms with Crippen LogP contribution in [0.1, 0.15) is 35.1 Å². The molecule has 32 heavy (non-hydrogen) atoms. The van der Waals surface area contributed by atoms with Crippen molar-refractivity contribution in [3.05, 3.63) is 77.4 Å². The lowest BCUT2D eigenvalue weighted by atomic mass is 9.99. The lowest BCUT2D eigenvalue weighted by Crippen LogP contribution is -2.40.